The van der Waals surface area contributed by atoms with E-state index >= 15 is 0 Å². The summed E-state index contributed by atoms with van der Waals surface area (Å²) in [5, 5.41) is 24.0. The van der Waals surface area contributed by atoms with E-state index in [1.54, 1.807) is 6.08 Å². The zero-order valence-electron chi connectivity index (χ0n) is 20.2. The lowest BCUT2D eigenvalue weighted by atomic mass is 10.0. The number of unbranched alkanes of at least 4 members (excludes halogenated alkanes) is 12. The molecule has 1 rings (SSSR count). The molecule has 0 radical (unpaired) electrons. The van der Waals surface area contributed by atoms with Crippen molar-refractivity contribution in [1.29, 1.82) is 0 Å². The minimum atomic E-state index is -0.924. The second-order valence-corrected chi connectivity index (χ2v) is 8.71. The zero-order valence-corrected chi connectivity index (χ0v) is 20.2. The predicted octanol–water partition coefficient (Wildman–Crippen LogP) is 5.67. The first-order valence-corrected chi connectivity index (χ1v) is 12.7. The summed E-state index contributed by atoms with van der Waals surface area (Å²) in [5.74, 6) is -0.290. The van der Waals surface area contributed by atoms with E-state index in [1.807, 2.05) is 24.3 Å². The van der Waals surface area contributed by atoms with Crippen molar-refractivity contribution in [2.24, 2.45) is 0 Å². The lowest BCUT2D eigenvalue weighted by Gasteiger charge is -2.07. The van der Waals surface area contributed by atoms with Gasteiger partial charge in [0.2, 0.25) is 5.91 Å². The molecule has 1 aromatic rings. The number of benzene rings is 1. The Morgan fingerprint density at radius 2 is 1.41 bits per heavy atom. The molecule has 0 saturated heterocycles. The predicted molar refractivity (Wildman–Crippen MR) is 136 cm³/mol. The van der Waals surface area contributed by atoms with Crippen molar-refractivity contribution >= 4 is 17.7 Å². The minimum absolute atomic E-state index is 0.0434. The van der Waals surface area contributed by atoms with Crippen molar-refractivity contribution in [2.75, 3.05) is 25.0 Å². The number of amides is 1. The summed E-state index contributed by atoms with van der Waals surface area (Å²) in [6.45, 7) is 2.94. The highest BCUT2D eigenvalue weighted by atomic mass is 16.3. The number of rotatable bonds is 20. The van der Waals surface area contributed by atoms with Crippen LogP contribution in [0.4, 0.5) is 5.69 Å². The third-order valence-corrected chi connectivity index (χ3v) is 5.67. The number of anilines is 1. The molecule has 1 atom stereocenters. The third kappa shape index (κ3) is 15.9. The summed E-state index contributed by atoms with van der Waals surface area (Å²) in [4.78, 5) is 11.7. The maximum atomic E-state index is 11.7. The number of carbonyl (C=O) groups is 1. The highest BCUT2D eigenvalue weighted by Crippen LogP contribution is 2.14. The van der Waals surface area contributed by atoms with E-state index in [-0.39, 0.29) is 19.1 Å². The minimum Gasteiger partial charge on any atom is -0.394 e. The summed E-state index contributed by atoms with van der Waals surface area (Å²) in [5.41, 5.74) is 2.03. The average molecular weight is 447 g/mol. The van der Waals surface area contributed by atoms with E-state index in [2.05, 4.69) is 17.6 Å². The highest BCUT2D eigenvalue weighted by Gasteiger charge is 2.02. The van der Waals surface area contributed by atoms with Crippen molar-refractivity contribution in [2.45, 2.75) is 96.5 Å². The first kappa shape index (κ1) is 28.2. The molecule has 1 aromatic carbocycles. The van der Waals surface area contributed by atoms with Crippen molar-refractivity contribution in [3.8, 4) is 0 Å². The molecule has 0 saturated carbocycles. The molecule has 0 bridgehead atoms. The van der Waals surface area contributed by atoms with Crippen molar-refractivity contribution in [1.82, 2.24) is 5.32 Å². The topological polar surface area (TPSA) is 81.6 Å². The standard InChI is InChI=1S/C27H46N2O3/c1-2-3-4-5-6-7-8-9-10-11-12-13-14-21-28-25-18-15-24(16-19-25)17-20-27(32)29-22-26(31)23-30/h15-20,26,28,30-31H,2-14,21-23H2,1H3,(H,29,32)/b20-17+. The first-order valence-electron chi connectivity index (χ1n) is 12.7. The fraction of sp³-hybridized carbons (Fsp3) is 0.667. The smallest absolute Gasteiger partial charge is 0.244 e. The molecule has 0 aliphatic rings. The number of nitrogens with one attached hydrogen (secondary N) is 2. The normalized spacial score (nSPS) is 12.2. The molecule has 0 heterocycles. The van der Waals surface area contributed by atoms with E-state index in [0.29, 0.717) is 0 Å². The molecular weight excluding hydrogens is 400 g/mol. The van der Waals surface area contributed by atoms with E-state index in [9.17, 15) is 9.90 Å². The Labute approximate surface area is 195 Å². The van der Waals surface area contributed by atoms with Gasteiger partial charge in [-0.3, -0.25) is 4.79 Å². The summed E-state index contributed by atoms with van der Waals surface area (Å²) in [6.07, 6.45) is 20.0. The van der Waals surface area contributed by atoms with Crippen LogP contribution in [0.1, 0.15) is 96.0 Å². The Balaban J connectivity index is 2.00. The second-order valence-electron chi connectivity index (χ2n) is 8.71. The number of hydrogen-bond donors (Lipinski definition) is 4. The van der Waals surface area contributed by atoms with Gasteiger partial charge in [0.05, 0.1) is 12.7 Å². The summed E-state index contributed by atoms with van der Waals surface area (Å²) in [7, 11) is 0. The highest BCUT2D eigenvalue weighted by molar-refractivity contribution is 5.91. The quantitative estimate of drug-likeness (QED) is 0.154. The number of carbonyl (C=O) groups excluding carboxylic acids is 1. The monoisotopic (exact) mass is 446 g/mol. The Morgan fingerprint density at radius 1 is 0.875 bits per heavy atom. The molecule has 0 spiro atoms. The SMILES string of the molecule is CCCCCCCCCCCCCCCNc1ccc(/C=C/C(=O)NCC(O)CO)cc1. The molecule has 1 unspecified atom stereocenters. The molecule has 0 fully saturated rings. The van der Waals surface area contributed by atoms with Gasteiger partial charge in [0.15, 0.2) is 0 Å². The van der Waals surface area contributed by atoms with Crippen LogP contribution in [0.25, 0.3) is 6.08 Å². The molecule has 1 amide bonds. The van der Waals surface area contributed by atoms with Crippen LogP contribution in [0.3, 0.4) is 0 Å². The lowest BCUT2D eigenvalue weighted by molar-refractivity contribution is -0.117. The molecule has 4 N–H and O–H groups in total. The molecule has 5 heteroatoms. The Morgan fingerprint density at radius 3 is 1.94 bits per heavy atom. The molecule has 5 nitrogen and oxygen atoms in total. The van der Waals surface area contributed by atoms with Crippen LogP contribution in [-0.2, 0) is 4.79 Å². The maximum absolute atomic E-state index is 11.7. The van der Waals surface area contributed by atoms with Gasteiger partial charge in [-0.25, -0.2) is 0 Å². The average Bonchev–Trinajstić information content (AvgIpc) is 2.82. The van der Waals surface area contributed by atoms with Gasteiger partial charge in [-0.1, -0.05) is 96.1 Å². The van der Waals surface area contributed by atoms with E-state index in [0.717, 1.165) is 17.8 Å². The van der Waals surface area contributed by atoms with E-state index in [1.165, 1.54) is 89.5 Å². The van der Waals surface area contributed by atoms with Gasteiger partial charge >= 0.3 is 0 Å². The van der Waals surface area contributed by atoms with Gasteiger partial charge in [-0.15, -0.1) is 0 Å². The van der Waals surface area contributed by atoms with Crippen LogP contribution in [-0.4, -0.2) is 41.9 Å². The van der Waals surface area contributed by atoms with Gasteiger partial charge in [-0.2, -0.15) is 0 Å². The van der Waals surface area contributed by atoms with Crippen LogP contribution in [0.2, 0.25) is 0 Å². The van der Waals surface area contributed by atoms with E-state index in [4.69, 9.17) is 5.11 Å². The van der Waals surface area contributed by atoms with Gasteiger partial charge < -0.3 is 20.8 Å². The molecule has 32 heavy (non-hydrogen) atoms. The molecule has 182 valence electrons. The fourth-order valence-electron chi connectivity index (χ4n) is 3.60. The van der Waals surface area contributed by atoms with E-state index < -0.39 is 6.10 Å². The summed E-state index contributed by atoms with van der Waals surface area (Å²) >= 11 is 0. The number of aliphatic hydroxyl groups is 2. The Kier molecular flexibility index (Phi) is 17.4. The lowest BCUT2D eigenvalue weighted by Crippen LogP contribution is -2.32. The van der Waals surface area contributed by atoms with Crippen molar-refractivity contribution in [3.63, 3.8) is 0 Å². The second kappa shape index (κ2) is 19.8. The number of aliphatic hydroxyl groups excluding tert-OH is 2. The Bertz CT molecular complexity index is 601. The van der Waals surface area contributed by atoms with Gasteiger partial charge in [-0.05, 0) is 30.2 Å². The molecule has 0 aromatic heterocycles. The molecular formula is C27H46N2O3. The first-order chi connectivity index (χ1) is 15.7. The summed E-state index contributed by atoms with van der Waals surface area (Å²) < 4.78 is 0. The van der Waals surface area contributed by atoms with Crippen molar-refractivity contribution < 1.29 is 15.0 Å². The van der Waals surface area contributed by atoms with Crippen LogP contribution in [0, 0.1) is 0 Å². The van der Waals surface area contributed by atoms with Crippen LogP contribution in [0.5, 0.6) is 0 Å². The summed E-state index contributed by atoms with van der Waals surface area (Å²) in [6, 6.07) is 7.99. The van der Waals surface area contributed by atoms with Gasteiger partial charge in [0.1, 0.15) is 0 Å². The molecule has 0 aliphatic carbocycles. The Hall–Kier alpha value is -1.85. The van der Waals surface area contributed by atoms with Gasteiger partial charge in [0, 0.05) is 24.9 Å². The molecule has 0 aliphatic heterocycles. The number of hydrogen-bond acceptors (Lipinski definition) is 4. The van der Waals surface area contributed by atoms with Gasteiger partial charge in [0.25, 0.3) is 0 Å². The van der Waals surface area contributed by atoms with Crippen LogP contribution >= 0.6 is 0 Å². The van der Waals surface area contributed by atoms with Crippen molar-refractivity contribution in [3.05, 3.63) is 35.9 Å². The largest absolute Gasteiger partial charge is 0.394 e. The third-order valence-electron chi connectivity index (χ3n) is 5.67. The van der Waals surface area contributed by atoms with Crippen LogP contribution < -0.4 is 10.6 Å². The maximum Gasteiger partial charge on any atom is 0.244 e. The fourth-order valence-corrected chi connectivity index (χ4v) is 3.60. The zero-order chi connectivity index (χ0) is 23.3. The van der Waals surface area contributed by atoms with Crippen LogP contribution in [0.15, 0.2) is 30.3 Å².